The molecule has 1 aliphatic heterocycles. The fourth-order valence-corrected chi connectivity index (χ4v) is 4.67. The van der Waals surface area contributed by atoms with Gasteiger partial charge in [-0.3, -0.25) is 4.79 Å². The summed E-state index contributed by atoms with van der Waals surface area (Å²) in [7, 11) is -3.50. The summed E-state index contributed by atoms with van der Waals surface area (Å²) in [6.07, 6.45) is 0. The Labute approximate surface area is 161 Å². The van der Waals surface area contributed by atoms with E-state index in [4.69, 9.17) is 16.1 Å². The van der Waals surface area contributed by atoms with Crippen LogP contribution >= 0.6 is 11.6 Å². The Hall–Kier alpha value is -2.64. The van der Waals surface area contributed by atoms with Crippen LogP contribution in [-0.2, 0) is 9.84 Å². The zero-order valence-corrected chi connectivity index (χ0v) is 15.7. The second-order valence-corrected chi connectivity index (χ2v) is 8.94. The monoisotopic (exact) mass is 402 g/mol. The lowest BCUT2D eigenvalue weighted by Gasteiger charge is -2.38. The molecule has 0 aliphatic carbocycles. The van der Waals surface area contributed by atoms with Crippen molar-refractivity contribution in [2.24, 2.45) is 0 Å². The average Bonchev–Trinajstić information content (AvgIpc) is 3.11. The van der Waals surface area contributed by atoms with E-state index in [1.165, 1.54) is 29.2 Å². The minimum Gasteiger partial charge on any atom is -0.355 e. The molecule has 0 spiro atoms. The summed E-state index contributed by atoms with van der Waals surface area (Å²) in [5.41, 5.74) is 0.979. The minimum atomic E-state index is -3.50. The van der Waals surface area contributed by atoms with Gasteiger partial charge in [-0.2, -0.15) is 0 Å². The maximum absolute atomic E-state index is 12.6. The second-order valence-electron chi connectivity index (χ2n) is 6.27. The molecule has 8 heteroatoms. The van der Waals surface area contributed by atoms with Crippen molar-refractivity contribution in [3.8, 4) is 11.3 Å². The Morgan fingerprint density at radius 2 is 1.74 bits per heavy atom. The molecule has 4 rings (SSSR count). The fourth-order valence-electron chi connectivity index (χ4n) is 2.89. The third-order valence-corrected chi connectivity index (χ3v) is 6.86. The Morgan fingerprint density at radius 3 is 2.41 bits per heavy atom. The van der Waals surface area contributed by atoms with Gasteiger partial charge in [-0.1, -0.05) is 47.1 Å². The number of sulfone groups is 1. The molecule has 27 heavy (non-hydrogen) atoms. The van der Waals surface area contributed by atoms with Gasteiger partial charge >= 0.3 is 0 Å². The van der Waals surface area contributed by atoms with E-state index in [2.05, 4.69) is 5.16 Å². The van der Waals surface area contributed by atoms with Crippen molar-refractivity contribution in [3.05, 3.63) is 71.4 Å². The molecular weight excluding hydrogens is 388 g/mol. The van der Waals surface area contributed by atoms with Gasteiger partial charge in [0.1, 0.15) is 5.25 Å². The fraction of sp³-hybridized carbons (Fsp3) is 0.158. The van der Waals surface area contributed by atoms with Crippen molar-refractivity contribution in [1.82, 2.24) is 10.1 Å². The van der Waals surface area contributed by atoms with E-state index in [0.717, 1.165) is 5.56 Å². The number of amides is 1. The van der Waals surface area contributed by atoms with E-state index in [0.29, 0.717) is 10.8 Å². The van der Waals surface area contributed by atoms with Gasteiger partial charge < -0.3 is 9.42 Å². The van der Waals surface area contributed by atoms with E-state index in [9.17, 15) is 13.2 Å². The first kappa shape index (κ1) is 17.8. The largest absolute Gasteiger partial charge is 0.355 e. The normalized spacial score (nSPS) is 14.8. The van der Waals surface area contributed by atoms with Crippen LogP contribution in [0.3, 0.4) is 0 Å². The van der Waals surface area contributed by atoms with Gasteiger partial charge in [-0.15, -0.1) is 0 Å². The summed E-state index contributed by atoms with van der Waals surface area (Å²) in [6.45, 7) is 0.245. The molecule has 1 saturated heterocycles. The molecule has 2 heterocycles. The molecular formula is C19H15ClN2O4S. The molecule has 1 fully saturated rings. The lowest BCUT2D eigenvalue weighted by molar-refractivity contribution is 0.0648. The molecule has 2 aromatic carbocycles. The van der Waals surface area contributed by atoms with E-state index >= 15 is 0 Å². The van der Waals surface area contributed by atoms with Gasteiger partial charge in [0.2, 0.25) is 0 Å². The van der Waals surface area contributed by atoms with Crippen molar-refractivity contribution in [2.75, 3.05) is 13.1 Å². The molecule has 138 valence electrons. The van der Waals surface area contributed by atoms with Crippen molar-refractivity contribution in [2.45, 2.75) is 10.1 Å². The molecule has 1 amide bonds. The van der Waals surface area contributed by atoms with Crippen LogP contribution in [0.5, 0.6) is 0 Å². The summed E-state index contributed by atoms with van der Waals surface area (Å²) in [6, 6.07) is 16.9. The average molecular weight is 403 g/mol. The maximum atomic E-state index is 12.6. The van der Waals surface area contributed by atoms with E-state index in [1.807, 2.05) is 30.3 Å². The lowest BCUT2D eigenvalue weighted by atomic mass is 10.1. The van der Waals surface area contributed by atoms with Gasteiger partial charge in [0.25, 0.3) is 5.91 Å². The van der Waals surface area contributed by atoms with Crippen molar-refractivity contribution >= 4 is 27.3 Å². The van der Waals surface area contributed by atoms with Crippen LogP contribution in [-0.4, -0.2) is 42.7 Å². The van der Waals surface area contributed by atoms with E-state index in [1.54, 1.807) is 6.07 Å². The predicted molar refractivity (Wildman–Crippen MR) is 100 cm³/mol. The van der Waals surface area contributed by atoms with Crippen LogP contribution in [0.1, 0.15) is 10.5 Å². The zero-order valence-electron chi connectivity index (χ0n) is 14.1. The summed E-state index contributed by atoms with van der Waals surface area (Å²) in [5.74, 6) is 0.147. The van der Waals surface area contributed by atoms with E-state index < -0.39 is 15.1 Å². The number of halogens is 1. The summed E-state index contributed by atoms with van der Waals surface area (Å²) in [5, 5.41) is 3.66. The SMILES string of the molecule is O=C(c1cc(-c2ccccc2)on1)N1CC(S(=O)(=O)c2ccc(Cl)cc2)C1. The highest BCUT2D eigenvalue weighted by Gasteiger charge is 2.41. The second kappa shape index (κ2) is 6.83. The van der Waals surface area contributed by atoms with Crippen LogP contribution in [0.4, 0.5) is 0 Å². The minimum absolute atomic E-state index is 0.122. The smallest absolute Gasteiger partial charge is 0.276 e. The predicted octanol–water partition coefficient (Wildman–Crippen LogP) is 3.29. The summed E-state index contributed by atoms with van der Waals surface area (Å²) < 4.78 is 30.4. The van der Waals surface area contributed by atoms with Gasteiger partial charge in [0.05, 0.1) is 4.90 Å². The molecule has 6 nitrogen and oxygen atoms in total. The molecule has 0 radical (unpaired) electrons. The van der Waals surface area contributed by atoms with Crippen LogP contribution in [0.2, 0.25) is 5.02 Å². The highest BCUT2D eigenvalue weighted by Crippen LogP contribution is 2.27. The maximum Gasteiger partial charge on any atom is 0.276 e. The molecule has 0 unspecified atom stereocenters. The van der Waals surface area contributed by atoms with Gasteiger partial charge in [0, 0.05) is 29.7 Å². The quantitative estimate of drug-likeness (QED) is 0.668. The lowest BCUT2D eigenvalue weighted by Crippen LogP contribution is -2.56. The van der Waals surface area contributed by atoms with Crippen molar-refractivity contribution in [1.29, 1.82) is 0 Å². The topological polar surface area (TPSA) is 80.5 Å². The number of carbonyl (C=O) groups excluding carboxylic acids is 1. The number of aromatic nitrogens is 1. The molecule has 3 aromatic rings. The van der Waals surface area contributed by atoms with Gasteiger partial charge in [-0.25, -0.2) is 8.42 Å². The standard InChI is InChI=1S/C19H15ClN2O4S/c20-14-6-8-15(9-7-14)27(24,25)16-11-22(12-16)19(23)17-10-18(26-21-17)13-4-2-1-3-5-13/h1-10,16H,11-12H2. The zero-order chi connectivity index (χ0) is 19.0. The molecule has 0 atom stereocenters. The van der Waals surface area contributed by atoms with Gasteiger partial charge in [-0.05, 0) is 24.3 Å². The number of hydrogen-bond acceptors (Lipinski definition) is 5. The number of rotatable bonds is 4. The number of hydrogen-bond donors (Lipinski definition) is 0. The van der Waals surface area contributed by atoms with Crippen LogP contribution in [0.15, 0.2) is 70.1 Å². The first-order valence-corrected chi connectivity index (χ1v) is 10.2. The molecule has 0 bridgehead atoms. The third kappa shape index (κ3) is 3.36. The number of nitrogens with zero attached hydrogens (tertiary/aromatic N) is 2. The molecule has 1 aromatic heterocycles. The third-order valence-electron chi connectivity index (χ3n) is 4.50. The molecule has 0 N–H and O–H groups in total. The van der Waals surface area contributed by atoms with Crippen molar-refractivity contribution < 1.29 is 17.7 Å². The summed E-state index contributed by atoms with van der Waals surface area (Å²) in [4.78, 5) is 14.2. The first-order chi connectivity index (χ1) is 12.9. The Kier molecular flexibility index (Phi) is 4.49. The Bertz CT molecular complexity index is 1070. The van der Waals surface area contributed by atoms with Crippen LogP contribution < -0.4 is 0 Å². The number of likely N-dealkylation sites (tertiary alicyclic amines) is 1. The Morgan fingerprint density at radius 1 is 1.07 bits per heavy atom. The highest BCUT2D eigenvalue weighted by molar-refractivity contribution is 7.92. The van der Waals surface area contributed by atoms with Crippen LogP contribution in [0, 0.1) is 0 Å². The highest BCUT2D eigenvalue weighted by atomic mass is 35.5. The van der Waals surface area contributed by atoms with E-state index in [-0.39, 0.29) is 29.6 Å². The van der Waals surface area contributed by atoms with Crippen LogP contribution in [0.25, 0.3) is 11.3 Å². The molecule has 1 aliphatic rings. The van der Waals surface area contributed by atoms with Gasteiger partial charge in [0.15, 0.2) is 21.3 Å². The molecule has 0 saturated carbocycles. The first-order valence-electron chi connectivity index (χ1n) is 8.26. The number of carbonyl (C=O) groups is 1. The Balaban J connectivity index is 1.44. The number of benzene rings is 2. The van der Waals surface area contributed by atoms with Crippen molar-refractivity contribution in [3.63, 3.8) is 0 Å². The summed E-state index contributed by atoms with van der Waals surface area (Å²) >= 11 is 5.80.